The molecule has 0 saturated heterocycles. The molecular weight excluding hydrogens is 406 g/mol. The molecule has 2 aromatic heterocycles. The van der Waals surface area contributed by atoms with E-state index in [2.05, 4.69) is 20.5 Å². The molecule has 0 aliphatic heterocycles. The highest BCUT2D eigenvalue weighted by atomic mass is 16.6. The Hall–Kier alpha value is -4.28. The summed E-state index contributed by atoms with van der Waals surface area (Å²) in [5, 5.41) is 11.9. The summed E-state index contributed by atoms with van der Waals surface area (Å²) in [5.41, 5.74) is 0.598. The first-order valence-corrected chi connectivity index (χ1v) is 9.12. The third kappa shape index (κ3) is 4.20. The van der Waals surface area contributed by atoms with Gasteiger partial charge in [-0.25, -0.2) is 0 Å². The van der Waals surface area contributed by atoms with Gasteiger partial charge in [0.2, 0.25) is 5.82 Å². The van der Waals surface area contributed by atoms with Crippen LogP contribution in [0.5, 0.6) is 11.5 Å². The number of benzene rings is 2. The quantitative estimate of drug-likeness (QED) is 0.404. The number of aromatic nitrogens is 5. The molecule has 0 amide bonds. The van der Waals surface area contributed by atoms with Crippen molar-refractivity contribution in [1.29, 1.82) is 0 Å². The summed E-state index contributed by atoms with van der Waals surface area (Å²) >= 11 is 0. The van der Waals surface area contributed by atoms with E-state index in [0.29, 0.717) is 28.0 Å². The number of esters is 1. The number of nitrogens with zero attached hydrogens (tertiary/aromatic N) is 5. The van der Waals surface area contributed by atoms with E-state index in [-0.39, 0.29) is 18.3 Å². The van der Waals surface area contributed by atoms with Gasteiger partial charge < -0.3 is 18.7 Å². The molecule has 4 rings (SSSR count). The predicted molar refractivity (Wildman–Crippen MR) is 106 cm³/mol. The van der Waals surface area contributed by atoms with E-state index in [1.807, 2.05) is 0 Å². The van der Waals surface area contributed by atoms with Crippen LogP contribution in [0.1, 0.15) is 5.89 Å². The molecule has 0 bridgehead atoms. The summed E-state index contributed by atoms with van der Waals surface area (Å²) < 4.78 is 21.7. The second-order valence-corrected chi connectivity index (χ2v) is 6.31. The Labute approximate surface area is 175 Å². The highest BCUT2D eigenvalue weighted by molar-refractivity contribution is 5.77. The van der Waals surface area contributed by atoms with E-state index in [1.54, 1.807) is 49.6 Å². The molecule has 2 heterocycles. The van der Waals surface area contributed by atoms with Crippen LogP contribution in [0.25, 0.3) is 22.3 Å². The van der Waals surface area contributed by atoms with Gasteiger partial charge in [-0.2, -0.15) is 9.67 Å². The minimum absolute atomic E-state index is 0.0816. The van der Waals surface area contributed by atoms with E-state index < -0.39 is 18.1 Å². The average Bonchev–Trinajstić information content (AvgIpc) is 3.28. The number of methoxy groups -OCH3 is 2. The van der Waals surface area contributed by atoms with Crippen molar-refractivity contribution in [1.82, 2.24) is 25.1 Å². The number of ether oxygens (including phenoxy) is 3. The maximum absolute atomic E-state index is 12.4. The smallest absolute Gasteiger partial charge is 0.328 e. The van der Waals surface area contributed by atoms with Crippen molar-refractivity contribution in [2.24, 2.45) is 0 Å². The summed E-state index contributed by atoms with van der Waals surface area (Å²) in [6, 6.07) is 11.9. The molecule has 0 unspecified atom stereocenters. The fourth-order valence-corrected chi connectivity index (χ4v) is 2.84. The topological polar surface area (TPSA) is 131 Å². The lowest BCUT2D eigenvalue weighted by Crippen LogP contribution is -2.28. The van der Waals surface area contributed by atoms with Crippen LogP contribution < -0.4 is 15.0 Å². The molecule has 0 radical (unpaired) electrons. The van der Waals surface area contributed by atoms with Gasteiger partial charge in [-0.05, 0) is 24.3 Å². The Morgan fingerprint density at radius 2 is 1.97 bits per heavy atom. The molecule has 0 aliphatic rings. The lowest BCUT2D eigenvalue weighted by molar-refractivity contribution is -0.146. The Morgan fingerprint density at radius 1 is 1.13 bits per heavy atom. The molecule has 0 aliphatic carbocycles. The van der Waals surface area contributed by atoms with Crippen LogP contribution in [-0.2, 0) is 22.7 Å². The zero-order valence-electron chi connectivity index (χ0n) is 16.6. The van der Waals surface area contributed by atoms with Crippen LogP contribution in [0, 0.1) is 0 Å². The zero-order valence-corrected chi connectivity index (χ0v) is 16.6. The fraction of sp³-hybridized carbons (Fsp3) is 0.200. The Morgan fingerprint density at radius 3 is 2.77 bits per heavy atom. The third-order valence-corrected chi connectivity index (χ3v) is 4.38. The van der Waals surface area contributed by atoms with Crippen LogP contribution in [0.2, 0.25) is 0 Å². The van der Waals surface area contributed by atoms with E-state index in [0.717, 1.165) is 4.68 Å². The SMILES string of the molecule is COc1ccc(-c2noc(COC(=O)Cn3nnc4ccccc4c3=O)n2)c(OC)c1. The molecular formula is C20H17N5O6. The molecule has 11 nitrogen and oxygen atoms in total. The molecule has 0 N–H and O–H groups in total. The highest BCUT2D eigenvalue weighted by Gasteiger charge is 2.16. The summed E-state index contributed by atoms with van der Waals surface area (Å²) in [6.07, 6.45) is 0. The van der Waals surface area contributed by atoms with Crippen molar-refractivity contribution in [3.05, 3.63) is 58.7 Å². The van der Waals surface area contributed by atoms with E-state index in [4.69, 9.17) is 18.7 Å². The lowest BCUT2D eigenvalue weighted by Gasteiger charge is -2.07. The van der Waals surface area contributed by atoms with Crippen LogP contribution >= 0.6 is 0 Å². The second kappa shape index (κ2) is 8.61. The maximum atomic E-state index is 12.4. The van der Waals surface area contributed by atoms with Crippen LogP contribution in [-0.4, -0.2) is 45.3 Å². The number of hydrogen-bond donors (Lipinski definition) is 0. The predicted octanol–water partition coefficient (Wildman–Crippen LogP) is 1.60. The van der Waals surface area contributed by atoms with Crippen LogP contribution in [0.15, 0.2) is 51.8 Å². The number of rotatable bonds is 7. The van der Waals surface area contributed by atoms with E-state index >= 15 is 0 Å². The van der Waals surface area contributed by atoms with Gasteiger partial charge in [0, 0.05) is 6.07 Å². The van der Waals surface area contributed by atoms with Crippen molar-refractivity contribution >= 4 is 16.9 Å². The third-order valence-electron chi connectivity index (χ3n) is 4.38. The van der Waals surface area contributed by atoms with Crippen molar-refractivity contribution < 1.29 is 23.5 Å². The molecule has 0 atom stereocenters. The van der Waals surface area contributed by atoms with Crippen LogP contribution in [0.4, 0.5) is 0 Å². The molecule has 4 aromatic rings. The molecule has 31 heavy (non-hydrogen) atoms. The van der Waals surface area contributed by atoms with Crippen LogP contribution in [0.3, 0.4) is 0 Å². The Kier molecular flexibility index (Phi) is 5.56. The minimum Gasteiger partial charge on any atom is -0.497 e. The van der Waals surface area contributed by atoms with Crippen molar-refractivity contribution in [2.45, 2.75) is 13.2 Å². The molecule has 2 aromatic carbocycles. The van der Waals surface area contributed by atoms with Gasteiger partial charge >= 0.3 is 5.97 Å². The van der Waals surface area contributed by atoms with Gasteiger partial charge in [0.05, 0.1) is 25.2 Å². The second-order valence-electron chi connectivity index (χ2n) is 6.31. The van der Waals surface area contributed by atoms with Crippen molar-refractivity contribution in [2.75, 3.05) is 14.2 Å². The highest BCUT2D eigenvalue weighted by Crippen LogP contribution is 2.31. The minimum atomic E-state index is -0.701. The number of fused-ring (bicyclic) bond motifs is 1. The summed E-state index contributed by atoms with van der Waals surface area (Å²) in [5.74, 6) is 0.761. The molecule has 0 saturated carbocycles. The van der Waals surface area contributed by atoms with Gasteiger partial charge in [0.25, 0.3) is 11.4 Å². The van der Waals surface area contributed by atoms with Crippen molar-refractivity contribution in [3.8, 4) is 22.9 Å². The summed E-state index contributed by atoms with van der Waals surface area (Å²) in [6.45, 7) is -0.663. The molecule has 158 valence electrons. The standard InChI is InChI=1S/C20H17N5O6/c1-28-12-7-8-14(16(9-12)29-2)19-21-17(31-23-19)11-30-18(26)10-25-20(27)13-5-3-4-6-15(13)22-24-25/h3-9H,10-11H2,1-2H3. The average molecular weight is 423 g/mol. The summed E-state index contributed by atoms with van der Waals surface area (Å²) in [7, 11) is 3.06. The lowest BCUT2D eigenvalue weighted by atomic mass is 10.2. The first kappa shape index (κ1) is 20.0. The van der Waals surface area contributed by atoms with Gasteiger partial charge in [-0.1, -0.05) is 22.5 Å². The number of carbonyl (C=O) groups is 1. The first-order valence-electron chi connectivity index (χ1n) is 9.12. The van der Waals surface area contributed by atoms with Gasteiger partial charge in [-0.3, -0.25) is 9.59 Å². The van der Waals surface area contributed by atoms with Gasteiger partial charge in [0.1, 0.15) is 23.6 Å². The van der Waals surface area contributed by atoms with E-state index in [1.165, 1.54) is 7.11 Å². The molecule has 11 heteroatoms. The summed E-state index contributed by atoms with van der Waals surface area (Å²) in [4.78, 5) is 28.8. The zero-order chi connectivity index (χ0) is 21.8. The molecule has 0 spiro atoms. The van der Waals surface area contributed by atoms with E-state index in [9.17, 15) is 9.59 Å². The van der Waals surface area contributed by atoms with Gasteiger partial charge in [0.15, 0.2) is 6.61 Å². The van der Waals surface area contributed by atoms with Gasteiger partial charge in [-0.15, -0.1) is 5.10 Å². The Balaban J connectivity index is 1.43. The first-order chi connectivity index (χ1) is 15.1. The monoisotopic (exact) mass is 423 g/mol. The molecule has 0 fully saturated rings. The van der Waals surface area contributed by atoms with Crippen molar-refractivity contribution in [3.63, 3.8) is 0 Å². The Bertz CT molecular complexity index is 1300. The number of carbonyl (C=O) groups excluding carboxylic acids is 1. The largest absolute Gasteiger partial charge is 0.497 e. The normalized spacial score (nSPS) is 10.8. The number of hydrogen-bond acceptors (Lipinski definition) is 10. The fourth-order valence-electron chi connectivity index (χ4n) is 2.84. The maximum Gasteiger partial charge on any atom is 0.328 e.